The van der Waals surface area contributed by atoms with E-state index >= 15 is 0 Å². The van der Waals surface area contributed by atoms with Crippen molar-refractivity contribution in [2.24, 2.45) is 22.7 Å². The first-order valence-corrected chi connectivity index (χ1v) is 21.2. The van der Waals surface area contributed by atoms with Gasteiger partial charge in [0.15, 0.2) is 0 Å². The highest BCUT2D eigenvalue weighted by Crippen LogP contribution is 2.50. The highest BCUT2D eigenvalue weighted by atomic mass is 16.5. The van der Waals surface area contributed by atoms with Gasteiger partial charge in [-0.1, -0.05) is 76.2 Å². The highest BCUT2D eigenvalue weighted by Gasteiger charge is 2.51. The number of carbonyl (C=O) groups excluding carboxylic acids is 4. The molecule has 4 aliphatic rings. The molecular formula is C47H55N7O6. The van der Waals surface area contributed by atoms with Crippen LogP contribution in [0.1, 0.15) is 83.6 Å². The second-order valence-electron chi connectivity index (χ2n) is 17.3. The predicted molar refractivity (Wildman–Crippen MR) is 231 cm³/mol. The standard InChI is InChI=1S/C47H55N7O6/c1-26(2)40(51-46(57)59-5)44(55)53-19-7-8-39(53)37-23-35(24-48-37)29-11-9-28(10-12-29)30-13-14-32-21-33(16-15-31(32)20-30)38-25-49-43(50-38)42-34-17-18-36(22-34)54(42)45(56)41(27(3)4)52-47(58)60-6/h9-16,20-21,24-27,34,36,39-42H,7-8,17-19,22-23H2,1-6H3,(H,49,50)(H,51,57)(H,52,58)/t34-,36+,39-,40-,41-,42-/m0/s1. The van der Waals surface area contributed by atoms with E-state index in [9.17, 15) is 19.2 Å². The van der Waals surface area contributed by atoms with Crippen molar-refractivity contribution in [3.8, 4) is 22.4 Å². The first kappa shape index (κ1) is 40.8. The molecule has 0 radical (unpaired) electrons. The number of piperidine rings is 1. The normalized spacial score (nSPS) is 21.9. The van der Waals surface area contributed by atoms with E-state index in [0.29, 0.717) is 18.9 Å². The summed E-state index contributed by atoms with van der Waals surface area (Å²) in [6.07, 6.45) is 7.92. The van der Waals surface area contributed by atoms with Crippen molar-refractivity contribution in [3.63, 3.8) is 0 Å². The van der Waals surface area contributed by atoms with E-state index < -0.39 is 24.3 Å². The lowest BCUT2D eigenvalue weighted by Crippen LogP contribution is -2.54. The van der Waals surface area contributed by atoms with Gasteiger partial charge in [-0.25, -0.2) is 14.6 Å². The number of alkyl carbamates (subject to hydrolysis) is 2. The number of aliphatic imine (C=N–C) groups is 1. The molecule has 13 nitrogen and oxygen atoms in total. The molecule has 3 N–H and O–H groups in total. The van der Waals surface area contributed by atoms with Crippen LogP contribution in [0.3, 0.4) is 0 Å². The van der Waals surface area contributed by atoms with Gasteiger partial charge in [0.25, 0.3) is 0 Å². The molecule has 4 amide bonds. The fourth-order valence-corrected chi connectivity index (χ4v) is 9.70. The van der Waals surface area contributed by atoms with Gasteiger partial charge in [-0.2, -0.15) is 0 Å². The third-order valence-electron chi connectivity index (χ3n) is 12.9. The van der Waals surface area contributed by atoms with Gasteiger partial charge < -0.3 is 34.9 Å². The van der Waals surface area contributed by atoms with Crippen molar-refractivity contribution in [2.45, 2.75) is 96.4 Å². The summed E-state index contributed by atoms with van der Waals surface area (Å²) >= 11 is 0. The molecule has 2 saturated heterocycles. The zero-order chi connectivity index (χ0) is 42.2. The molecule has 0 unspecified atom stereocenters. The number of hydrogen-bond donors (Lipinski definition) is 3. The van der Waals surface area contributed by atoms with Gasteiger partial charge in [0.05, 0.1) is 38.2 Å². The lowest BCUT2D eigenvalue weighted by Gasteiger charge is -2.37. The highest BCUT2D eigenvalue weighted by molar-refractivity contribution is 6.04. The Balaban J connectivity index is 0.929. The molecule has 1 saturated carbocycles. The minimum atomic E-state index is -0.679. The number of fused-ring (bicyclic) bond motifs is 3. The Morgan fingerprint density at radius 2 is 1.38 bits per heavy atom. The number of rotatable bonds is 11. The van der Waals surface area contributed by atoms with E-state index in [1.165, 1.54) is 14.2 Å². The number of methoxy groups -OCH3 is 2. The van der Waals surface area contributed by atoms with Gasteiger partial charge in [-0.05, 0) is 95.0 Å². The monoisotopic (exact) mass is 813 g/mol. The van der Waals surface area contributed by atoms with Crippen molar-refractivity contribution in [1.82, 2.24) is 30.4 Å². The number of carbonyl (C=O) groups is 4. The first-order valence-electron chi connectivity index (χ1n) is 21.2. The fraction of sp³-hybridized carbons (Fsp3) is 0.447. The van der Waals surface area contributed by atoms with Crippen LogP contribution in [-0.2, 0) is 19.1 Å². The van der Waals surface area contributed by atoms with Crippen LogP contribution in [0.5, 0.6) is 0 Å². The molecule has 60 heavy (non-hydrogen) atoms. The topological polar surface area (TPSA) is 158 Å². The molecule has 1 aliphatic carbocycles. The Labute approximate surface area is 351 Å². The van der Waals surface area contributed by atoms with Crippen molar-refractivity contribution in [1.29, 1.82) is 0 Å². The summed E-state index contributed by atoms with van der Waals surface area (Å²) in [5.74, 6) is 0.727. The minimum Gasteiger partial charge on any atom is -0.453 e. The van der Waals surface area contributed by atoms with Crippen LogP contribution < -0.4 is 10.6 Å². The maximum atomic E-state index is 14.0. The Bertz CT molecular complexity index is 2350. The van der Waals surface area contributed by atoms with E-state index in [0.717, 1.165) is 87.9 Å². The molecule has 0 spiro atoms. The average molecular weight is 814 g/mol. The summed E-state index contributed by atoms with van der Waals surface area (Å²) in [4.78, 5) is 68.7. The number of nitrogens with zero attached hydrogens (tertiary/aromatic N) is 4. The number of amides is 4. The van der Waals surface area contributed by atoms with E-state index in [2.05, 4.69) is 76.3 Å². The summed E-state index contributed by atoms with van der Waals surface area (Å²) in [5, 5.41) is 7.72. The summed E-state index contributed by atoms with van der Waals surface area (Å²) in [5.41, 5.74) is 7.33. The molecule has 1 aromatic heterocycles. The van der Waals surface area contributed by atoms with Crippen LogP contribution in [0.4, 0.5) is 9.59 Å². The van der Waals surface area contributed by atoms with Gasteiger partial charge in [-0.15, -0.1) is 0 Å². The summed E-state index contributed by atoms with van der Waals surface area (Å²) in [6, 6.07) is 20.0. The summed E-state index contributed by atoms with van der Waals surface area (Å²) < 4.78 is 9.61. The first-order chi connectivity index (χ1) is 28.9. The molecule has 3 aromatic carbocycles. The molecule has 2 bridgehead atoms. The summed E-state index contributed by atoms with van der Waals surface area (Å²) in [7, 11) is 2.61. The maximum absolute atomic E-state index is 14.0. The molecular weight excluding hydrogens is 759 g/mol. The van der Waals surface area contributed by atoms with Crippen molar-refractivity contribution >= 4 is 46.1 Å². The number of aromatic amines is 1. The van der Waals surface area contributed by atoms with Gasteiger partial charge in [0.2, 0.25) is 11.8 Å². The van der Waals surface area contributed by atoms with Crippen molar-refractivity contribution in [3.05, 3.63) is 84.4 Å². The number of nitrogens with one attached hydrogen (secondary N) is 3. The molecule has 3 aliphatic heterocycles. The number of ether oxygens (including phenoxy) is 2. The van der Waals surface area contributed by atoms with Gasteiger partial charge >= 0.3 is 12.2 Å². The van der Waals surface area contributed by atoms with Crippen LogP contribution in [0.25, 0.3) is 38.7 Å². The number of aromatic nitrogens is 2. The van der Waals surface area contributed by atoms with Crippen LogP contribution >= 0.6 is 0 Å². The molecule has 3 fully saturated rings. The Morgan fingerprint density at radius 1 is 0.767 bits per heavy atom. The van der Waals surface area contributed by atoms with Gasteiger partial charge in [0.1, 0.15) is 17.9 Å². The second-order valence-corrected chi connectivity index (χ2v) is 17.3. The Morgan fingerprint density at radius 3 is 2.05 bits per heavy atom. The van der Waals surface area contributed by atoms with Gasteiger partial charge in [-0.3, -0.25) is 14.6 Å². The number of hydrogen-bond acceptors (Lipinski definition) is 8. The second kappa shape index (κ2) is 16.9. The molecule has 314 valence electrons. The van der Waals surface area contributed by atoms with Gasteiger partial charge in [0, 0.05) is 36.5 Å². The number of H-pyrrole nitrogens is 1. The van der Waals surface area contributed by atoms with E-state index in [1.807, 2.05) is 49.9 Å². The fourth-order valence-electron chi connectivity index (χ4n) is 9.70. The molecule has 8 rings (SSSR count). The smallest absolute Gasteiger partial charge is 0.407 e. The van der Waals surface area contributed by atoms with Crippen LogP contribution in [0.15, 0.2) is 78.1 Å². The van der Waals surface area contributed by atoms with E-state index in [-0.39, 0.29) is 41.8 Å². The van der Waals surface area contributed by atoms with Crippen LogP contribution in [0.2, 0.25) is 0 Å². The van der Waals surface area contributed by atoms with Crippen LogP contribution in [-0.4, -0.2) is 94.4 Å². The lowest BCUT2D eigenvalue weighted by molar-refractivity contribution is -0.139. The number of benzene rings is 3. The SMILES string of the molecule is COC(=O)N[C@H](C(=O)N1CCC[C@H]1C1=NC=C(c2ccc(-c3ccc4cc(-c5cnc([C@@H]6[C@H]7CC[C@H](C7)N6C(=O)[C@@H](NC(=O)OC)C(C)C)[nH]5)ccc4c3)cc2)C1)C(C)C. The molecule has 4 heterocycles. The Kier molecular flexibility index (Phi) is 11.5. The molecule has 6 atom stereocenters. The van der Waals surface area contributed by atoms with E-state index in [1.54, 1.807) is 0 Å². The quantitative estimate of drug-likeness (QED) is 0.139. The predicted octanol–water partition coefficient (Wildman–Crippen LogP) is 7.89. The van der Waals surface area contributed by atoms with E-state index in [4.69, 9.17) is 19.5 Å². The van der Waals surface area contributed by atoms with Crippen molar-refractivity contribution in [2.75, 3.05) is 20.8 Å². The zero-order valence-corrected chi connectivity index (χ0v) is 35.2. The number of imidazole rings is 1. The largest absolute Gasteiger partial charge is 0.453 e. The average Bonchev–Trinajstić information content (AvgIpc) is 4.12. The summed E-state index contributed by atoms with van der Waals surface area (Å²) in [6.45, 7) is 8.34. The number of allylic oxidation sites excluding steroid dienone is 1. The van der Waals surface area contributed by atoms with Crippen LogP contribution in [0, 0.1) is 17.8 Å². The third kappa shape index (κ3) is 7.89. The van der Waals surface area contributed by atoms with Crippen molar-refractivity contribution < 1.29 is 28.7 Å². The zero-order valence-electron chi connectivity index (χ0n) is 35.2. The maximum Gasteiger partial charge on any atom is 0.407 e. The lowest BCUT2D eigenvalue weighted by atomic mass is 9.95. The third-order valence-corrected chi connectivity index (χ3v) is 12.9. The number of likely N-dealkylation sites (tertiary alicyclic amines) is 2. The molecule has 13 heteroatoms. The molecule has 4 aromatic rings. The minimum absolute atomic E-state index is 0.0836. The Hall–Kier alpha value is -5.98.